The van der Waals surface area contributed by atoms with Crippen molar-refractivity contribution in [1.82, 2.24) is 0 Å². The molecule has 3 aromatic rings. The standard InChI is InChI=1S/C14H2F8/c15-4-2-6(17)11(19)9-7-3(10(18)14(22)8(4)9)1-5(16)12(20)13(7)21/h1-2H. The fourth-order valence-electron chi connectivity index (χ4n) is 2.29. The second kappa shape index (κ2) is 4.56. The van der Waals surface area contributed by atoms with Gasteiger partial charge in [-0.05, 0) is 6.07 Å². The Labute approximate surface area is 116 Å². The monoisotopic (exact) mass is 322 g/mol. The highest BCUT2D eigenvalue weighted by atomic mass is 19.2. The van der Waals surface area contributed by atoms with Crippen molar-refractivity contribution in [2.24, 2.45) is 0 Å². The predicted molar refractivity (Wildman–Crippen MR) is 61.1 cm³/mol. The third kappa shape index (κ3) is 1.69. The maximum Gasteiger partial charge on any atom is 0.195 e. The summed E-state index contributed by atoms with van der Waals surface area (Å²) in [5.74, 6) is -15.4. The van der Waals surface area contributed by atoms with E-state index in [0.717, 1.165) is 0 Å². The summed E-state index contributed by atoms with van der Waals surface area (Å²) in [6.45, 7) is 0. The number of benzene rings is 3. The lowest BCUT2D eigenvalue weighted by atomic mass is 9.98. The molecule has 3 aromatic carbocycles. The van der Waals surface area contributed by atoms with Gasteiger partial charge in [-0.15, -0.1) is 0 Å². The smallest absolute Gasteiger partial charge is 0.195 e. The molecule has 0 aliphatic carbocycles. The van der Waals surface area contributed by atoms with Crippen molar-refractivity contribution in [3.63, 3.8) is 0 Å². The highest BCUT2D eigenvalue weighted by molar-refractivity contribution is 6.09. The van der Waals surface area contributed by atoms with E-state index in [-0.39, 0.29) is 12.1 Å². The molecule has 0 amide bonds. The number of fused-ring (bicyclic) bond motifs is 3. The lowest BCUT2D eigenvalue weighted by molar-refractivity contribution is 0.451. The molecule has 0 bridgehead atoms. The quantitative estimate of drug-likeness (QED) is 0.234. The van der Waals surface area contributed by atoms with Crippen LogP contribution in [0.4, 0.5) is 35.1 Å². The second-order valence-electron chi connectivity index (χ2n) is 4.44. The van der Waals surface area contributed by atoms with Crippen LogP contribution in [0.1, 0.15) is 0 Å². The molecular formula is C14H2F8. The van der Waals surface area contributed by atoms with Crippen molar-refractivity contribution in [3.05, 3.63) is 58.7 Å². The van der Waals surface area contributed by atoms with Crippen molar-refractivity contribution in [2.45, 2.75) is 0 Å². The minimum absolute atomic E-state index is 0.0657. The molecule has 0 atom stereocenters. The summed E-state index contributed by atoms with van der Waals surface area (Å²) in [5, 5.41) is -5.20. The molecule has 0 unspecified atom stereocenters. The maximum atomic E-state index is 13.8. The van der Waals surface area contributed by atoms with E-state index in [1.54, 1.807) is 0 Å². The van der Waals surface area contributed by atoms with Gasteiger partial charge in [0.2, 0.25) is 0 Å². The predicted octanol–water partition coefficient (Wildman–Crippen LogP) is 5.11. The fourth-order valence-corrected chi connectivity index (χ4v) is 2.29. The van der Waals surface area contributed by atoms with Crippen molar-refractivity contribution in [1.29, 1.82) is 0 Å². The molecule has 0 aliphatic heterocycles. The summed E-state index contributed by atoms with van der Waals surface area (Å²) in [4.78, 5) is 0. The van der Waals surface area contributed by atoms with E-state index in [9.17, 15) is 35.1 Å². The topological polar surface area (TPSA) is 0 Å². The fraction of sp³-hybridized carbons (Fsp3) is 0. The first-order valence-corrected chi connectivity index (χ1v) is 5.67. The molecule has 114 valence electrons. The Hall–Kier alpha value is -2.38. The van der Waals surface area contributed by atoms with E-state index in [0.29, 0.717) is 0 Å². The first kappa shape index (κ1) is 14.6. The summed E-state index contributed by atoms with van der Waals surface area (Å²) in [6.07, 6.45) is 0. The number of halogens is 8. The zero-order chi connectivity index (χ0) is 16.3. The number of hydrogen-bond donors (Lipinski definition) is 0. The van der Waals surface area contributed by atoms with E-state index in [4.69, 9.17) is 0 Å². The van der Waals surface area contributed by atoms with Crippen LogP contribution in [0.5, 0.6) is 0 Å². The Balaban J connectivity index is 2.80. The molecule has 0 saturated carbocycles. The average Bonchev–Trinajstić information content (AvgIpc) is 2.46. The van der Waals surface area contributed by atoms with Gasteiger partial charge in [0.1, 0.15) is 5.82 Å². The molecule has 0 fully saturated rings. The Bertz CT molecular complexity index is 961. The van der Waals surface area contributed by atoms with Gasteiger partial charge in [-0.25, -0.2) is 35.1 Å². The third-order valence-electron chi connectivity index (χ3n) is 3.23. The van der Waals surface area contributed by atoms with Crippen molar-refractivity contribution in [3.8, 4) is 0 Å². The largest absolute Gasteiger partial charge is 0.206 e. The highest BCUT2D eigenvalue weighted by Gasteiger charge is 2.27. The normalized spacial score (nSPS) is 11.6. The number of rotatable bonds is 0. The molecule has 8 heteroatoms. The molecule has 0 radical (unpaired) electrons. The van der Waals surface area contributed by atoms with Crippen molar-refractivity contribution in [2.75, 3.05) is 0 Å². The minimum Gasteiger partial charge on any atom is -0.206 e. The van der Waals surface area contributed by atoms with Crippen molar-refractivity contribution < 1.29 is 35.1 Å². The zero-order valence-corrected chi connectivity index (χ0v) is 10.2. The zero-order valence-electron chi connectivity index (χ0n) is 10.2. The summed E-state index contributed by atoms with van der Waals surface area (Å²) in [6, 6.07) is 0.0116. The van der Waals surface area contributed by atoms with Gasteiger partial charge in [0.15, 0.2) is 40.7 Å². The molecule has 0 nitrogen and oxygen atoms in total. The van der Waals surface area contributed by atoms with Crippen LogP contribution >= 0.6 is 0 Å². The summed E-state index contributed by atoms with van der Waals surface area (Å²) in [7, 11) is 0. The maximum absolute atomic E-state index is 13.8. The van der Waals surface area contributed by atoms with E-state index < -0.39 is 68.1 Å². The van der Waals surface area contributed by atoms with Gasteiger partial charge >= 0.3 is 0 Å². The van der Waals surface area contributed by atoms with Gasteiger partial charge in [0.25, 0.3) is 0 Å². The van der Waals surface area contributed by atoms with Crippen LogP contribution in [0.2, 0.25) is 0 Å². The molecule has 0 N–H and O–H groups in total. The van der Waals surface area contributed by atoms with Crippen LogP contribution in [-0.4, -0.2) is 0 Å². The first-order chi connectivity index (χ1) is 10.3. The average molecular weight is 322 g/mol. The lowest BCUT2D eigenvalue weighted by Gasteiger charge is -2.11. The van der Waals surface area contributed by atoms with Gasteiger partial charge in [-0.2, -0.15) is 0 Å². The van der Waals surface area contributed by atoms with Crippen LogP contribution < -0.4 is 0 Å². The molecule has 0 saturated heterocycles. The van der Waals surface area contributed by atoms with Gasteiger partial charge in [-0.1, -0.05) is 0 Å². The van der Waals surface area contributed by atoms with Crippen molar-refractivity contribution >= 4 is 21.5 Å². The molecule has 0 heterocycles. The first-order valence-electron chi connectivity index (χ1n) is 5.67. The summed E-state index contributed by atoms with van der Waals surface area (Å²) >= 11 is 0. The summed E-state index contributed by atoms with van der Waals surface area (Å²) < 4.78 is 109. The van der Waals surface area contributed by atoms with Crippen LogP contribution in [0.25, 0.3) is 21.5 Å². The molecule has 22 heavy (non-hydrogen) atoms. The van der Waals surface area contributed by atoms with Gasteiger partial charge in [-0.3, -0.25) is 0 Å². The Kier molecular flexibility index (Phi) is 3.01. The molecule has 0 aliphatic rings. The van der Waals surface area contributed by atoms with Crippen LogP contribution in [0.3, 0.4) is 0 Å². The van der Waals surface area contributed by atoms with Gasteiger partial charge in [0, 0.05) is 22.2 Å². The Morgan fingerprint density at radius 2 is 0.955 bits per heavy atom. The van der Waals surface area contributed by atoms with E-state index >= 15 is 0 Å². The molecule has 0 aromatic heterocycles. The highest BCUT2D eigenvalue weighted by Crippen LogP contribution is 2.37. The van der Waals surface area contributed by atoms with Crippen LogP contribution in [0, 0.1) is 46.5 Å². The third-order valence-corrected chi connectivity index (χ3v) is 3.23. The number of hydrogen-bond acceptors (Lipinski definition) is 0. The molecule has 0 spiro atoms. The van der Waals surface area contributed by atoms with Crippen LogP contribution in [-0.2, 0) is 0 Å². The molecular weight excluding hydrogens is 320 g/mol. The van der Waals surface area contributed by atoms with Crippen LogP contribution in [0.15, 0.2) is 12.1 Å². The lowest BCUT2D eigenvalue weighted by Crippen LogP contribution is -2.02. The van der Waals surface area contributed by atoms with E-state index in [2.05, 4.69) is 0 Å². The molecule has 3 rings (SSSR count). The summed E-state index contributed by atoms with van der Waals surface area (Å²) in [5.41, 5.74) is 0. The van der Waals surface area contributed by atoms with Gasteiger partial charge < -0.3 is 0 Å². The Morgan fingerprint density at radius 3 is 1.59 bits per heavy atom. The second-order valence-corrected chi connectivity index (χ2v) is 4.44. The minimum atomic E-state index is -2.11. The van der Waals surface area contributed by atoms with E-state index in [1.165, 1.54) is 0 Å². The Morgan fingerprint density at radius 1 is 0.409 bits per heavy atom. The van der Waals surface area contributed by atoms with Gasteiger partial charge in [0.05, 0.1) is 5.39 Å². The SMILES string of the molecule is Fc1cc2c(F)c(F)c3c(F)cc(F)c(F)c3c2c(F)c1F. The van der Waals surface area contributed by atoms with E-state index in [1.807, 2.05) is 0 Å².